The Morgan fingerprint density at radius 3 is 2.52 bits per heavy atom. The molecule has 128 valence electrons. The summed E-state index contributed by atoms with van der Waals surface area (Å²) in [6.45, 7) is 2.13. The number of pyridine rings is 1. The number of anilines is 3. The Balaban J connectivity index is 1.65. The molecule has 2 aromatic carbocycles. The third-order valence-electron chi connectivity index (χ3n) is 4.10. The van der Waals surface area contributed by atoms with Crippen molar-refractivity contribution in [3.8, 4) is 0 Å². The average Bonchev–Trinajstić information content (AvgIpc) is 2.64. The molecule has 0 spiro atoms. The molecule has 1 amide bonds. The number of nitrogens with one attached hydrogen (secondary N) is 2. The van der Waals surface area contributed by atoms with Crippen LogP contribution in [-0.4, -0.2) is 10.9 Å². The van der Waals surface area contributed by atoms with E-state index in [1.807, 2.05) is 48.5 Å². The van der Waals surface area contributed by atoms with Crippen molar-refractivity contribution in [2.24, 2.45) is 0 Å². The highest BCUT2D eigenvalue weighted by Crippen LogP contribution is 2.25. The fourth-order valence-electron chi connectivity index (χ4n) is 2.76. The fraction of sp³-hybridized carbons (Fsp3) is 0.238. The fourth-order valence-corrected chi connectivity index (χ4v) is 2.76. The van der Waals surface area contributed by atoms with Crippen LogP contribution in [0.5, 0.6) is 0 Å². The zero-order valence-electron chi connectivity index (χ0n) is 14.5. The molecule has 0 aliphatic rings. The summed E-state index contributed by atoms with van der Waals surface area (Å²) in [7, 11) is 0. The SMILES string of the molecule is CCCCCC(=O)Nc1ccc(Nc2ccnc3ccccc23)cc1. The number of para-hydroxylation sites is 1. The maximum atomic E-state index is 11.9. The van der Waals surface area contributed by atoms with Crippen molar-refractivity contribution in [2.75, 3.05) is 10.6 Å². The van der Waals surface area contributed by atoms with Gasteiger partial charge in [-0.1, -0.05) is 38.0 Å². The minimum atomic E-state index is 0.0780. The molecule has 0 saturated heterocycles. The van der Waals surface area contributed by atoms with Gasteiger partial charge < -0.3 is 10.6 Å². The molecule has 0 saturated carbocycles. The number of hydrogen-bond acceptors (Lipinski definition) is 3. The van der Waals surface area contributed by atoms with Crippen LogP contribution < -0.4 is 10.6 Å². The number of unbranched alkanes of at least 4 members (excludes halogenated alkanes) is 2. The maximum Gasteiger partial charge on any atom is 0.224 e. The van der Waals surface area contributed by atoms with E-state index in [4.69, 9.17) is 0 Å². The minimum Gasteiger partial charge on any atom is -0.355 e. The molecule has 4 heteroatoms. The van der Waals surface area contributed by atoms with Crippen LogP contribution in [0.2, 0.25) is 0 Å². The van der Waals surface area contributed by atoms with Crippen LogP contribution in [0, 0.1) is 0 Å². The van der Waals surface area contributed by atoms with Crippen LogP contribution in [0.25, 0.3) is 10.9 Å². The number of aromatic nitrogens is 1. The molecule has 3 aromatic rings. The van der Waals surface area contributed by atoms with Gasteiger partial charge in [0, 0.05) is 35.1 Å². The number of benzene rings is 2. The number of fused-ring (bicyclic) bond motifs is 1. The molecule has 1 aromatic heterocycles. The quantitative estimate of drug-likeness (QED) is 0.562. The topological polar surface area (TPSA) is 54.0 Å². The van der Waals surface area contributed by atoms with Crippen molar-refractivity contribution in [1.29, 1.82) is 0 Å². The Hall–Kier alpha value is -2.88. The van der Waals surface area contributed by atoms with Gasteiger partial charge in [-0.3, -0.25) is 9.78 Å². The van der Waals surface area contributed by atoms with Gasteiger partial charge >= 0.3 is 0 Å². The van der Waals surface area contributed by atoms with Gasteiger partial charge in [-0.15, -0.1) is 0 Å². The monoisotopic (exact) mass is 333 g/mol. The highest BCUT2D eigenvalue weighted by molar-refractivity contribution is 5.93. The van der Waals surface area contributed by atoms with Crippen LogP contribution >= 0.6 is 0 Å². The zero-order valence-corrected chi connectivity index (χ0v) is 14.5. The number of carbonyl (C=O) groups is 1. The molecule has 2 N–H and O–H groups in total. The normalized spacial score (nSPS) is 10.6. The van der Waals surface area contributed by atoms with Crippen molar-refractivity contribution in [3.63, 3.8) is 0 Å². The highest BCUT2D eigenvalue weighted by atomic mass is 16.1. The summed E-state index contributed by atoms with van der Waals surface area (Å²) in [4.78, 5) is 16.2. The molecule has 1 heterocycles. The van der Waals surface area contributed by atoms with E-state index in [2.05, 4.69) is 28.6 Å². The third kappa shape index (κ3) is 4.57. The summed E-state index contributed by atoms with van der Waals surface area (Å²) in [5, 5.41) is 7.44. The molecule has 0 unspecified atom stereocenters. The summed E-state index contributed by atoms with van der Waals surface area (Å²) >= 11 is 0. The first kappa shape index (κ1) is 17.0. The van der Waals surface area contributed by atoms with Crippen molar-refractivity contribution in [2.45, 2.75) is 32.6 Å². The van der Waals surface area contributed by atoms with Gasteiger partial charge in [-0.25, -0.2) is 0 Å². The van der Waals surface area contributed by atoms with Crippen molar-refractivity contribution in [3.05, 3.63) is 60.8 Å². The Morgan fingerprint density at radius 2 is 1.72 bits per heavy atom. The van der Waals surface area contributed by atoms with E-state index in [0.29, 0.717) is 6.42 Å². The molecule has 0 bridgehead atoms. The maximum absolute atomic E-state index is 11.9. The van der Waals surface area contributed by atoms with Gasteiger partial charge in [0.25, 0.3) is 0 Å². The van der Waals surface area contributed by atoms with Crippen molar-refractivity contribution < 1.29 is 4.79 Å². The van der Waals surface area contributed by atoms with Crippen molar-refractivity contribution in [1.82, 2.24) is 4.98 Å². The lowest BCUT2D eigenvalue weighted by atomic mass is 10.1. The molecule has 4 nitrogen and oxygen atoms in total. The number of hydrogen-bond donors (Lipinski definition) is 2. The van der Waals surface area contributed by atoms with E-state index in [1.54, 1.807) is 6.20 Å². The third-order valence-corrected chi connectivity index (χ3v) is 4.10. The van der Waals surface area contributed by atoms with E-state index < -0.39 is 0 Å². The Kier molecular flexibility index (Phi) is 5.62. The van der Waals surface area contributed by atoms with Crippen LogP contribution in [0.4, 0.5) is 17.1 Å². The van der Waals surface area contributed by atoms with Gasteiger partial charge in [0.05, 0.1) is 5.52 Å². The van der Waals surface area contributed by atoms with Crippen LogP contribution in [0.1, 0.15) is 32.6 Å². The second-order valence-corrected chi connectivity index (χ2v) is 6.08. The Bertz CT molecular complexity index is 838. The molecule has 3 rings (SSSR count). The smallest absolute Gasteiger partial charge is 0.224 e. The van der Waals surface area contributed by atoms with E-state index in [-0.39, 0.29) is 5.91 Å². The van der Waals surface area contributed by atoms with E-state index in [9.17, 15) is 4.79 Å². The molecule has 0 fully saturated rings. The van der Waals surface area contributed by atoms with Crippen LogP contribution in [0.3, 0.4) is 0 Å². The molecule has 25 heavy (non-hydrogen) atoms. The lowest BCUT2D eigenvalue weighted by Crippen LogP contribution is -2.10. The standard InChI is InChI=1S/C21H23N3O/c1-2-3-4-9-21(25)24-17-12-10-16(11-13-17)23-20-14-15-22-19-8-6-5-7-18(19)20/h5-8,10-15H,2-4,9H2,1H3,(H,22,23)(H,24,25). The molecule has 0 radical (unpaired) electrons. The summed E-state index contributed by atoms with van der Waals surface area (Å²) in [6, 6.07) is 17.8. The van der Waals surface area contributed by atoms with Gasteiger partial charge in [-0.2, -0.15) is 0 Å². The molecular formula is C21H23N3O. The second kappa shape index (κ2) is 8.29. The first-order valence-electron chi connectivity index (χ1n) is 8.77. The largest absolute Gasteiger partial charge is 0.355 e. The number of rotatable bonds is 7. The van der Waals surface area contributed by atoms with Gasteiger partial charge in [-0.05, 0) is 42.8 Å². The second-order valence-electron chi connectivity index (χ2n) is 6.08. The number of nitrogens with zero attached hydrogens (tertiary/aromatic N) is 1. The zero-order chi connectivity index (χ0) is 17.5. The van der Waals surface area contributed by atoms with E-state index >= 15 is 0 Å². The molecule has 0 aliphatic carbocycles. The lowest BCUT2D eigenvalue weighted by Gasteiger charge is -2.10. The molecule has 0 atom stereocenters. The highest BCUT2D eigenvalue weighted by Gasteiger charge is 2.04. The van der Waals surface area contributed by atoms with Crippen LogP contribution in [0.15, 0.2) is 60.8 Å². The Morgan fingerprint density at radius 1 is 0.960 bits per heavy atom. The van der Waals surface area contributed by atoms with Gasteiger partial charge in [0.1, 0.15) is 0 Å². The average molecular weight is 333 g/mol. The van der Waals surface area contributed by atoms with E-state index in [1.165, 1.54) is 0 Å². The Labute approximate surface area is 148 Å². The van der Waals surface area contributed by atoms with Crippen LogP contribution in [-0.2, 0) is 4.79 Å². The van der Waals surface area contributed by atoms with Crippen molar-refractivity contribution >= 4 is 33.9 Å². The molecule has 0 aliphatic heterocycles. The van der Waals surface area contributed by atoms with Gasteiger partial charge in [0.2, 0.25) is 5.91 Å². The summed E-state index contributed by atoms with van der Waals surface area (Å²) in [5.74, 6) is 0.0780. The first-order valence-corrected chi connectivity index (χ1v) is 8.77. The van der Waals surface area contributed by atoms with Gasteiger partial charge in [0.15, 0.2) is 0 Å². The summed E-state index contributed by atoms with van der Waals surface area (Å²) in [5.41, 5.74) is 3.78. The summed E-state index contributed by atoms with van der Waals surface area (Å²) in [6.07, 6.45) is 5.54. The molecular weight excluding hydrogens is 310 g/mol. The van der Waals surface area contributed by atoms with E-state index in [0.717, 1.165) is 47.2 Å². The number of amides is 1. The predicted octanol–water partition coefficient (Wildman–Crippen LogP) is 5.50. The predicted molar refractivity (Wildman–Crippen MR) is 104 cm³/mol. The summed E-state index contributed by atoms with van der Waals surface area (Å²) < 4.78 is 0. The lowest BCUT2D eigenvalue weighted by molar-refractivity contribution is -0.116. The number of carbonyl (C=O) groups excluding carboxylic acids is 1. The minimum absolute atomic E-state index is 0.0780. The first-order chi connectivity index (χ1) is 12.3.